The third-order valence-electron chi connectivity index (χ3n) is 3.51. The number of benzene rings is 2. The predicted molar refractivity (Wildman–Crippen MR) is 100 cm³/mol. The number of rotatable bonds is 4. The Morgan fingerprint density at radius 1 is 0.870 bits per heavy atom. The normalized spacial score (nSPS) is 10.5. The third-order valence-corrected chi connectivity index (χ3v) is 4.14. The van der Waals surface area contributed by atoms with Crippen LogP contribution >= 0.6 is 22.6 Å². The van der Waals surface area contributed by atoms with Gasteiger partial charge in [-0.15, -0.1) is 0 Å². The van der Waals surface area contributed by atoms with Crippen molar-refractivity contribution < 1.29 is 4.79 Å². The van der Waals surface area contributed by atoms with Gasteiger partial charge >= 0.3 is 0 Å². The molecular weight excluding hydrogens is 399 g/mol. The monoisotopic (exact) mass is 414 g/mol. The van der Waals surface area contributed by atoms with E-state index in [1.54, 1.807) is 6.20 Å². The SMILES string of the molecule is O=C(Nc1ccc(I)cn1)C(c1ccccc1)c1ccccc1. The number of aromatic nitrogens is 1. The summed E-state index contributed by atoms with van der Waals surface area (Å²) >= 11 is 2.19. The first kappa shape index (κ1) is 15.7. The van der Waals surface area contributed by atoms with E-state index >= 15 is 0 Å². The number of carbonyl (C=O) groups is 1. The van der Waals surface area contributed by atoms with Crippen LogP contribution in [-0.4, -0.2) is 10.9 Å². The highest BCUT2D eigenvalue weighted by atomic mass is 127. The van der Waals surface area contributed by atoms with Crippen LogP contribution < -0.4 is 5.32 Å². The number of hydrogen-bond acceptors (Lipinski definition) is 2. The quantitative estimate of drug-likeness (QED) is 0.641. The Labute approximate surface area is 148 Å². The fraction of sp³-hybridized carbons (Fsp3) is 0.0526. The maximum Gasteiger partial charge on any atom is 0.237 e. The van der Waals surface area contributed by atoms with Gasteiger partial charge < -0.3 is 5.32 Å². The summed E-state index contributed by atoms with van der Waals surface area (Å²) in [6.45, 7) is 0. The molecule has 114 valence electrons. The van der Waals surface area contributed by atoms with Crippen molar-refractivity contribution in [2.45, 2.75) is 5.92 Å². The van der Waals surface area contributed by atoms with Crippen LogP contribution in [0.25, 0.3) is 0 Å². The molecule has 0 unspecified atom stereocenters. The molecule has 1 amide bonds. The molecule has 0 spiro atoms. The van der Waals surface area contributed by atoms with Gasteiger partial charge in [-0.1, -0.05) is 60.7 Å². The first-order valence-corrected chi connectivity index (χ1v) is 8.34. The number of anilines is 1. The summed E-state index contributed by atoms with van der Waals surface area (Å²) in [5.74, 6) is 0.113. The molecule has 0 saturated heterocycles. The molecule has 23 heavy (non-hydrogen) atoms. The zero-order valence-corrected chi connectivity index (χ0v) is 14.5. The lowest BCUT2D eigenvalue weighted by atomic mass is 9.90. The Bertz CT molecular complexity index is 734. The minimum atomic E-state index is -0.363. The molecule has 0 aliphatic carbocycles. The van der Waals surface area contributed by atoms with Gasteiger partial charge in [-0.2, -0.15) is 0 Å². The van der Waals surface area contributed by atoms with Crippen LogP contribution in [0.5, 0.6) is 0 Å². The van der Waals surface area contributed by atoms with Crippen molar-refractivity contribution in [1.29, 1.82) is 0 Å². The van der Waals surface area contributed by atoms with Gasteiger partial charge in [0.25, 0.3) is 0 Å². The van der Waals surface area contributed by atoms with Crippen LogP contribution in [-0.2, 0) is 4.79 Å². The fourth-order valence-electron chi connectivity index (χ4n) is 2.43. The highest BCUT2D eigenvalue weighted by Crippen LogP contribution is 2.26. The lowest BCUT2D eigenvalue weighted by Crippen LogP contribution is -2.22. The number of nitrogens with zero attached hydrogens (tertiary/aromatic N) is 1. The second kappa shape index (κ2) is 7.37. The number of amides is 1. The molecule has 3 nitrogen and oxygen atoms in total. The number of carbonyl (C=O) groups excluding carboxylic acids is 1. The summed E-state index contributed by atoms with van der Waals surface area (Å²) in [6, 6.07) is 23.3. The summed E-state index contributed by atoms with van der Waals surface area (Å²) in [5.41, 5.74) is 1.92. The fourth-order valence-corrected chi connectivity index (χ4v) is 2.75. The van der Waals surface area contributed by atoms with Gasteiger partial charge in [0.2, 0.25) is 5.91 Å². The molecule has 3 aromatic rings. The van der Waals surface area contributed by atoms with Crippen molar-refractivity contribution in [3.05, 3.63) is 93.7 Å². The van der Waals surface area contributed by atoms with Crippen LogP contribution in [0.3, 0.4) is 0 Å². The number of nitrogens with one attached hydrogen (secondary N) is 1. The topological polar surface area (TPSA) is 42.0 Å². The summed E-state index contributed by atoms with van der Waals surface area (Å²) in [7, 11) is 0. The average Bonchev–Trinajstić information content (AvgIpc) is 2.59. The molecule has 1 aromatic heterocycles. The van der Waals surface area contributed by atoms with Crippen LogP contribution in [0, 0.1) is 3.57 Å². The standard InChI is InChI=1S/C19H15IN2O/c20-16-11-12-17(21-13-16)22-19(23)18(14-7-3-1-4-8-14)15-9-5-2-6-10-15/h1-13,18H,(H,21,22,23). The molecule has 2 aromatic carbocycles. The zero-order chi connectivity index (χ0) is 16.1. The van der Waals surface area contributed by atoms with E-state index in [1.165, 1.54) is 0 Å². The molecule has 3 rings (SSSR count). The maximum absolute atomic E-state index is 12.8. The van der Waals surface area contributed by atoms with Crippen molar-refractivity contribution in [2.24, 2.45) is 0 Å². The Kier molecular flexibility index (Phi) is 5.02. The maximum atomic E-state index is 12.8. The van der Waals surface area contributed by atoms with Gasteiger partial charge in [0.05, 0.1) is 5.92 Å². The summed E-state index contributed by atoms with van der Waals surface area (Å²) in [6.07, 6.45) is 1.73. The van der Waals surface area contributed by atoms with Gasteiger partial charge in [-0.25, -0.2) is 4.98 Å². The van der Waals surface area contributed by atoms with Gasteiger partial charge in [0.15, 0.2) is 0 Å². The van der Waals surface area contributed by atoms with Gasteiger partial charge in [-0.3, -0.25) is 4.79 Å². The molecule has 1 N–H and O–H groups in total. The molecule has 0 bridgehead atoms. The summed E-state index contributed by atoms with van der Waals surface area (Å²) in [4.78, 5) is 17.1. The van der Waals surface area contributed by atoms with Crippen LogP contribution in [0.4, 0.5) is 5.82 Å². The predicted octanol–water partition coefficient (Wildman–Crippen LogP) is 4.46. The van der Waals surface area contributed by atoms with E-state index in [9.17, 15) is 4.79 Å². The van der Waals surface area contributed by atoms with Gasteiger partial charge in [0.1, 0.15) is 5.82 Å². The van der Waals surface area contributed by atoms with E-state index in [-0.39, 0.29) is 11.8 Å². The van der Waals surface area contributed by atoms with E-state index in [4.69, 9.17) is 0 Å². The second-order valence-corrected chi connectivity index (χ2v) is 6.35. The molecule has 0 aliphatic heterocycles. The Balaban J connectivity index is 1.92. The van der Waals surface area contributed by atoms with Crippen molar-refractivity contribution in [3.63, 3.8) is 0 Å². The molecule has 0 fully saturated rings. The molecule has 1 heterocycles. The first-order chi connectivity index (χ1) is 11.2. The van der Waals surface area contributed by atoms with Crippen LogP contribution in [0.1, 0.15) is 17.0 Å². The Hall–Kier alpha value is -2.21. The molecule has 4 heteroatoms. The van der Waals surface area contributed by atoms with Gasteiger partial charge in [-0.05, 0) is 45.9 Å². The number of pyridine rings is 1. The number of halogens is 1. The summed E-state index contributed by atoms with van der Waals surface area (Å²) in [5, 5.41) is 2.91. The van der Waals surface area contributed by atoms with Crippen molar-refractivity contribution in [2.75, 3.05) is 5.32 Å². The molecule has 0 aliphatic rings. The van der Waals surface area contributed by atoms with E-state index in [0.29, 0.717) is 5.82 Å². The average molecular weight is 414 g/mol. The smallest absolute Gasteiger partial charge is 0.237 e. The highest BCUT2D eigenvalue weighted by molar-refractivity contribution is 14.1. The van der Waals surface area contributed by atoms with Crippen molar-refractivity contribution in [1.82, 2.24) is 4.98 Å². The van der Waals surface area contributed by atoms with Crippen molar-refractivity contribution >= 4 is 34.3 Å². The zero-order valence-electron chi connectivity index (χ0n) is 12.3. The first-order valence-electron chi connectivity index (χ1n) is 7.26. The van der Waals surface area contributed by atoms with Gasteiger partial charge in [0, 0.05) is 9.77 Å². The lowest BCUT2D eigenvalue weighted by molar-refractivity contribution is -0.116. The largest absolute Gasteiger partial charge is 0.310 e. The summed E-state index contributed by atoms with van der Waals surface area (Å²) < 4.78 is 1.03. The molecular formula is C19H15IN2O. The highest BCUT2D eigenvalue weighted by Gasteiger charge is 2.22. The van der Waals surface area contributed by atoms with E-state index in [2.05, 4.69) is 32.9 Å². The van der Waals surface area contributed by atoms with Crippen LogP contribution in [0.2, 0.25) is 0 Å². The number of hydrogen-bond donors (Lipinski definition) is 1. The third kappa shape index (κ3) is 3.96. The molecule has 0 saturated carbocycles. The van der Waals surface area contributed by atoms with Crippen LogP contribution in [0.15, 0.2) is 79.0 Å². The minimum absolute atomic E-state index is 0.0869. The van der Waals surface area contributed by atoms with E-state index < -0.39 is 0 Å². The Morgan fingerprint density at radius 2 is 1.43 bits per heavy atom. The molecule has 0 radical (unpaired) electrons. The van der Waals surface area contributed by atoms with Crippen molar-refractivity contribution in [3.8, 4) is 0 Å². The minimum Gasteiger partial charge on any atom is -0.310 e. The lowest BCUT2D eigenvalue weighted by Gasteiger charge is -2.17. The van der Waals surface area contributed by atoms with E-state index in [1.807, 2.05) is 72.8 Å². The second-order valence-electron chi connectivity index (χ2n) is 5.11. The van der Waals surface area contributed by atoms with E-state index in [0.717, 1.165) is 14.7 Å². The Morgan fingerprint density at radius 3 is 1.91 bits per heavy atom. The molecule has 0 atom stereocenters.